The SMILES string of the molecule is Cc1cc(C)c(N2CC(C(=O)N3CCC(C)CC3)CC2=O)c(Cl)c1. The standard InChI is InChI=1S/C19H25ClN2O2/c1-12-4-6-21(7-5-12)19(24)15-10-17(23)22(11-15)18-14(3)8-13(2)9-16(18)20/h8-9,12,15H,4-7,10-11H2,1-3H3. The second kappa shape index (κ2) is 6.75. The Morgan fingerprint density at radius 2 is 1.88 bits per heavy atom. The maximum Gasteiger partial charge on any atom is 0.228 e. The zero-order chi connectivity index (χ0) is 17.4. The Balaban J connectivity index is 1.76. The summed E-state index contributed by atoms with van der Waals surface area (Å²) >= 11 is 6.38. The number of amides is 2. The lowest BCUT2D eigenvalue weighted by Gasteiger charge is -2.32. The van der Waals surface area contributed by atoms with E-state index >= 15 is 0 Å². The molecule has 130 valence electrons. The van der Waals surface area contributed by atoms with Crippen molar-refractivity contribution in [2.45, 2.75) is 40.0 Å². The Kier molecular flexibility index (Phi) is 4.86. The average Bonchev–Trinajstić information content (AvgIpc) is 2.88. The molecular formula is C19H25ClN2O2. The molecule has 0 saturated carbocycles. The first-order valence-corrected chi connectivity index (χ1v) is 9.10. The molecule has 2 aliphatic rings. The fourth-order valence-electron chi connectivity index (χ4n) is 3.83. The van der Waals surface area contributed by atoms with Gasteiger partial charge in [-0.25, -0.2) is 0 Å². The van der Waals surface area contributed by atoms with Crippen molar-refractivity contribution >= 4 is 29.1 Å². The molecule has 24 heavy (non-hydrogen) atoms. The third-order valence-corrected chi connectivity index (χ3v) is 5.53. The summed E-state index contributed by atoms with van der Waals surface area (Å²) in [6.07, 6.45) is 2.40. The maximum absolute atomic E-state index is 12.8. The Morgan fingerprint density at radius 1 is 1.21 bits per heavy atom. The van der Waals surface area contributed by atoms with Crippen molar-refractivity contribution in [3.05, 3.63) is 28.3 Å². The molecular weight excluding hydrogens is 324 g/mol. The summed E-state index contributed by atoms with van der Waals surface area (Å²) in [4.78, 5) is 28.9. The number of benzene rings is 1. The van der Waals surface area contributed by atoms with Gasteiger partial charge in [-0.2, -0.15) is 0 Å². The number of anilines is 1. The van der Waals surface area contributed by atoms with Crippen LogP contribution in [0.1, 0.15) is 37.3 Å². The summed E-state index contributed by atoms with van der Waals surface area (Å²) in [6.45, 7) is 8.24. The molecule has 2 aliphatic heterocycles. The van der Waals surface area contributed by atoms with Crippen molar-refractivity contribution in [3.8, 4) is 0 Å². The number of rotatable bonds is 2. The molecule has 2 heterocycles. The van der Waals surface area contributed by atoms with Gasteiger partial charge in [0.05, 0.1) is 16.6 Å². The fourth-order valence-corrected chi connectivity index (χ4v) is 4.25. The molecule has 1 aromatic rings. The first kappa shape index (κ1) is 17.3. The van der Waals surface area contributed by atoms with Crippen molar-refractivity contribution in [1.82, 2.24) is 4.90 Å². The van der Waals surface area contributed by atoms with E-state index in [-0.39, 0.29) is 24.2 Å². The van der Waals surface area contributed by atoms with Crippen molar-refractivity contribution < 1.29 is 9.59 Å². The van der Waals surface area contributed by atoms with E-state index in [1.165, 1.54) is 0 Å². The van der Waals surface area contributed by atoms with Gasteiger partial charge in [0.25, 0.3) is 0 Å². The number of carbonyl (C=O) groups excluding carboxylic acids is 2. The Labute approximate surface area is 148 Å². The van der Waals surface area contributed by atoms with Gasteiger partial charge in [-0.3, -0.25) is 9.59 Å². The molecule has 0 aromatic heterocycles. The number of piperidine rings is 1. The van der Waals surface area contributed by atoms with E-state index in [1.54, 1.807) is 4.90 Å². The van der Waals surface area contributed by atoms with Gasteiger partial charge in [0.2, 0.25) is 11.8 Å². The normalized spacial score (nSPS) is 22.3. The fraction of sp³-hybridized carbons (Fsp3) is 0.579. The lowest BCUT2D eigenvalue weighted by Crippen LogP contribution is -2.42. The van der Waals surface area contributed by atoms with Crippen LogP contribution in [0, 0.1) is 25.7 Å². The number of carbonyl (C=O) groups is 2. The van der Waals surface area contributed by atoms with E-state index in [9.17, 15) is 9.59 Å². The highest BCUT2D eigenvalue weighted by molar-refractivity contribution is 6.34. The van der Waals surface area contributed by atoms with Gasteiger partial charge in [-0.15, -0.1) is 0 Å². The first-order chi connectivity index (χ1) is 11.4. The highest BCUT2D eigenvalue weighted by atomic mass is 35.5. The molecule has 1 aromatic carbocycles. The minimum absolute atomic E-state index is 0.00687. The number of nitrogens with zero attached hydrogens (tertiary/aromatic N) is 2. The zero-order valence-electron chi connectivity index (χ0n) is 14.6. The molecule has 2 saturated heterocycles. The molecule has 1 atom stereocenters. The molecule has 5 heteroatoms. The number of halogens is 1. The zero-order valence-corrected chi connectivity index (χ0v) is 15.4. The lowest BCUT2D eigenvalue weighted by atomic mass is 9.97. The van der Waals surface area contributed by atoms with Gasteiger partial charge < -0.3 is 9.80 Å². The van der Waals surface area contributed by atoms with Crippen molar-refractivity contribution in [3.63, 3.8) is 0 Å². The Morgan fingerprint density at radius 3 is 2.50 bits per heavy atom. The van der Waals surface area contributed by atoms with Crippen LogP contribution in [-0.2, 0) is 9.59 Å². The lowest BCUT2D eigenvalue weighted by molar-refractivity contribution is -0.137. The minimum Gasteiger partial charge on any atom is -0.342 e. The Bertz CT molecular complexity index is 642. The summed E-state index contributed by atoms with van der Waals surface area (Å²) in [5.74, 6) is 0.554. The second-order valence-electron chi connectivity index (χ2n) is 7.33. The average molecular weight is 349 g/mol. The smallest absolute Gasteiger partial charge is 0.228 e. The van der Waals surface area contributed by atoms with Crippen LogP contribution in [-0.4, -0.2) is 36.3 Å². The van der Waals surface area contributed by atoms with Crippen molar-refractivity contribution in [1.29, 1.82) is 0 Å². The first-order valence-electron chi connectivity index (χ1n) is 8.72. The van der Waals surface area contributed by atoms with Gasteiger partial charge in [0.1, 0.15) is 0 Å². The summed E-state index contributed by atoms with van der Waals surface area (Å²) in [6, 6.07) is 3.90. The molecule has 0 spiro atoms. The molecule has 2 amide bonds. The van der Waals surface area contributed by atoms with Crippen LogP contribution in [0.5, 0.6) is 0 Å². The number of hydrogen-bond acceptors (Lipinski definition) is 2. The van der Waals surface area contributed by atoms with Crippen LogP contribution < -0.4 is 4.90 Å². The van der Waals surface area contributed by atoms with E-state index in [0.29, 0.717) is 17.5 Å². The number of hydrogen-bond donors (Lipinski definition) is 0. The third-order valence-electron chi connectivity index (χ3n) is 5.24. The molecule has 0 aliphatic carbocycles. The van der Waals surface area contributed by atoms with E-state index < -0.39 is 0 Å². The predicted octanol–water partition coefficient (Wildman–Crippen LogP) is 3.57. The molecule has 0 radical (unpaired) electrons. The minimum atomic E-state index is -0.248. The van der Waals surface area contributed by atoms with Crippen molar-refractivity contribution in [2.75, 3.05) is 24.5 Å². The second-order valence-corrected chi connectivity index (χ2v) is 7.73. The van der Waals surface area contributed by atoms with Gasteiger partial charge in [0.15, 0.2) is 0 Å². The highest BCUT2D eigenvalue weighted by Gasteiger charge is 2.38. The predicted molar refractivity (Wildman–Crippen MR) is 96.4 cm³/mol. The van der Waals surface area contributed by atoms with E-state index in [0.717, 1.165) is 42.7 Å². The summed E-state index contributed by atoms with van der Waals surface area (Å²) in [5, 5.41) is 0.584. The quantitative estimate of drug-likeness (QED) is 0.819. The molecule has 0 bridgehead atoms. The van der Waals surface area contributed by atoms with Gasteiger partial charge in [0, 0.05) is 26.1 Å². The van der Waals surface area contributed by atoms with Gasteiger partial charge in [-0.05, 0) is 49.8 Å². The summed E-state index contributed by atoms with van der Waals surface area (Å²) in [5.41, 5.74) is 2.81. The molecule has 1 unspecified atom stereocenters. The van der Waals surface area contributed by atoms with Gasteiger partial charge in [-0.1, -0.05) is 24.6 Å². The van der Waals surface area contributed by atoms with Crippen LogP contribution in [0.25, 0.3) is 0 Å². The van der Waals surface area contributed by atoms with Crippen molar-refractivity contribution in [2.24, 2.45) is 11.8 Å². The largest absolute Gasteiger partial charge is 0.342 e. The summed E-state index contributed by atoms with van der Waals surface area (Å²) in [7, 11) is 0. The van der Waals surface area contributed by atoms with Crippen LogP contribution in [0.2, 0.25) is 5.02 Å². The maximum atomic E-state index is 12.8. The number of likely N-dealkylation sites (tertiary alicyclic amines) is 1. The topological polar surface area (TPSA) is 40.6 Å². The summed E-state index contributed by atoms with van der Waals surface area (Å²) < 4.78 is 0. The van der Waals surface area contributed by atoms with E-state index in [2.05, 4.69) is 6.92 Å². The van der Waals surface area contributed by atoms with Gasteiger partial charge >= 0.3 is 0 Å². The van der Waals surface area contributed by atoms with Crippen LogP contribution in [0.3, 0.4) is 0 Å². The molecule has 3 rings (SSSR count). The highest BCUT2D eigenvalue weighted by Crippen LogP contribution is 2.35. The number of aryl methyl sites for hydroxylation is 2. The van der Waals surface area contributed by atoms with Crippen LogP contribution >= 0.6 is 11.6 Å². The van der Waals surface area contributed by atoms with E-state index in [1.807, 2.05) is 30.9 Å². The van der Waals surface area contributed by atoms with Crippen LogP contribution in [0.15, 0.2) is 12.1 Å². The Hall–Kier alpha value is -1.55. The van der Waals surface area contributed by atoms with Crippen LogP contribution in [0.4, 0.5) is 5.69 Å². The molecule has 0 N–H and O–H groups in total. The molecule has 4 nitrogen and oxygen atoms in total. The third kappa shape index (κ3) is 3.30. The van der Waals surface area contributed by atoms with E-state index in [4.69, 9.17) is 11.6 Å². The molecule has 2 fully saturated rings. The monoisotopic (exact) mass is 348 g/mol.